The lowest BCUT2D eigenvalue weighted by molar-refractivity contribution is -0.122. The van der Waals surface area contributed by atoms with E-state index in [-0.39, 0.29) is 30.0 Å². The zero-order valence-electron chi connectivity index (χ0n) is 16.1. The van der Waals surface area contributed by atoms with Crippen molar-refractivity contribution in [2.45, 2.75) is 32.7 Å². The van der Waals surface area contributed by atoms with E-state index in [2.05, 4.69) is 22.9 Å². The minimum absolute atomic E-state index is 0. The topological polar surface area (TPSA) is 83.4 Å². The Morgan fingerprint density at radius 2 is 2.04 bits per heavy atom. The van der Waals surface area contributed by atoms with Crippen LogP contribution in [0.1, 0.15) is 42.3 Å². The van der Waals surface area contributed by atoms with Crippen molar-refractivity contribution in [1.29, 1.82) is 0 Å². The number of nitrogens with one attached hydrogen (secondary N) is 3. The van der Waals surface area contributed by atoms with E-state index in [9.17, 15) is 9.59 Å². The molecule has 0 radical (unpaired) electrons. The normalized spacial score (nSPS) is 17.2. The summed E-state index contributed by atoms with van der Waals surface area (Å²) in [5.41, 5.74) is 1.68. The number of hydrogen-bond acceptors (Lipinski definition) is 4. The summed E-state index contributed by atoms with van der Waals surface area (Å²) in [5, 5.41) is 9.17. The molecule has 2 aromatic rings. The summed E-state index contributed by atoms with van der Waals surface area (Å²) in [5.74, 6) is 1.04. The Hall–Kier alpha value is -2.31. The highest BCUT2D eigenvalue weighted by Gasteiger charge is 2.21. The highest BCUT2D eigenvalue weighted by Crippen LogP contribution is 2.22. The molecule has 1 aliphatic rings. The molecule has 2 heterocycles. The largest absolute Gasteiger partial charge is 0.459 e. The number of rotatable bonds is 7. The van der Waals surface area contributed by atoms with Gasteiger partial charge in [-0.15, -0.1) is 12.4 Å². The smallest absolute Gasteiger partial charge is 0.291 e. The summed E-state index contributed by atoms with van der Waals surface area (Å²) in [6.45, 7) is 4.75. The van der Waals surface area contributed by atoms with Gasteiger partial charge >= 0.3 is 0 Å². The van der Waals surface area contributed by atoms with Gasteiger partial charge in [-0.3, -0.25) is 9.59 Å². The summed E-state index contributed by atoms with van der Waals surface area (Å²) < 4.78 is 5.07. The summed E-state index contributed by atoms with van der Waals surface area (Å²) in [6.07, 6.45) is 4.42. The first kappa shape index (κ1) is 22.0. The second-order valence-corrected chi connectivity index (χ2v) is 7.19. The fourth-order valence-electron chi connectivity index (χ4n) is 3.40. The quantitative estimate of drug-likeness (QED) is 0.657. The van der Waals surface area contributed by atoms with Gasteiger partial charge in [-0.2, -0.15) is 0 Å². The van der Waals surface area contributed by atoms with Crippen LogP contribution in [-0.2, 0) is 11.3 Å². The van der Waals surface area contributed by atoms with Crippen molar-refractivity contribution in [2.75, 3.05) is 18.4 Å². The highest BCUT2D eigenvalue weighted by molar-refractivity contribution is 6.02. The van der Waals surface area contributed by atoms with Crippen LogP contribution in [0.4, 0.5) is 5.69 Å². The molecule has 1 aliphatic heterocycles. The van der Waals surface area contributed by atoms with E-state index in [1.165, 1.54) is 19.1 Å². The van der Waals surface area contributed by atoms with Crippen molar-refractivity contribution in [1.82, 2.24) is 10.6 Å². The maximum absolute atomic E-state index is 12.2. The summed E-state index contributed by atoms with van der Waals surface area (Å²) in [4.78, 5) is 24.2. The molecule has 2 unspecified atom stereocenters. The second kappa shape index (κ2) is 10.9. The van der Waals surface area contributed by atoms with Crippen LogP contribution < -0.4 is 16.0 Å². The van der Waals surface area contributed by atoms with E-state index in [1.807, 2.05) is 24.3 Å². The molecule has 1 fully saturated rings. The SMILES string of the molecule is CC(CC(=O)NCc1ccc(NC(=O)c2ccco2)cc1)C1CCCNC1.Cl. The number of anilines is 1. The minimum Gasteiger partial charge on any atom is -0.459 e. The van der Waals surface area contributed by atoms with Gasteiger partial charge in [0.05, 0.1) is 6.26 Å². The molecule has 3 N–H and O–H groups in total. The fraction of sp³-hybridized carbons (Fsp3) is 0.429. The Bertz CT molecular complexity index is 741. The minimum atomic E-state index is -0.285. The first-order chi connectivity index (χ1) is 13.1. The van der Waals surface area contributed by atoms with E-state index >= 15 is 0 Å². The van der Waals surface area contributed by atoms with Gasteiger partial charge in [0, 0.05) is 18.7 Å². The van der Waals surface area contributed by atoms with E-state index in [1.54, 1.807) is 12.1 Å². The zero-order chi connectivity index (χ0) is 19.1. The van der Waals surface area contributed by atoms with Gasteiger partial charge in [-0.1, -0.05) is 19.1 Å². The molecule has 0 spiro atoms. The van der Waals surface area contributed by atoms with E-state index in [4.69, 9.17) is 4.42 Å². The van der Waals surface area contributed by atoms with Gasteiger partial charge in [0.2, 0.25) is 5.91 Å². The number of hydrogen-bond donors (Lipinski definition) is 3. The predicted molar refractivity (Wildman–Crippen MR) is 112 cm³/mol. The molecule has 7 heteroatoms. The molecule has 1 saturated heterocycles. The monoisotopic (exact) mass is 405 g/mol. The van der Waals surface area contributed by atoms with E-state index in [0.717, 1.165) is 18.7 Å². The maximum atomic E-state index is 12.2. The Balaban J connectivity index is 0.00000280. The Kier molecular flexibility index (Phi) is 8.54. The molecule has 0 saturated carbocycles. The zero-order valence-corrected chi connectivity index (χ0v) is 16.9. The van der Waals surface area contributed by atoms with Gasteiger partial charge < -0.3 is 20.4 Å². The molecule has 0 bridgehead atoms. The number of benzene rings is 1. The molecular weight excluding hydrogens is 378 g/mol. The van der Waals surface area contributed by atoms with Crippen molar-refractivity contribution >= 4 is 29.9 Å². The number of amides is 2. The fourth-order valence-corrected chi connectivity index (χ4v) is 3.40. The molecule has 152 valence electrons. The van der Waals surface area contributed by atoms with Gasteiger partial charge in [0.1, 0.15) is 0 Å². The highest BCUT2D eigenvalue weighted by atomic mass is 35.5. The molecule has 3 rings (SSSR count). The third kappa shape index (κ3) is 6.39. The number of carbonyl (C=O) groups is 2. The Morgan fingerprint density at radius 3 is 2.68 bits per heavy atom. The standard InChI is InChI=1S/C21H27N3O3.ClH/c1-15(17-4-2-10-22-14-17)12-20(25)23-13-16-6-8-18(9-7-16)24-21(26)19-5-3-11-27-19;/h3,5-9,11,15,17,22H,2,4,10,12-14H2,1H3,(H,23,25)(H,24,26);1H. The summed E-state index contributed by atoms with van der Waals surface area (Å²) >= 11 is 0. The van der Waals surface area contributed by atoms with E-state index < -0.39 is 0 Å². The number of furan rings is 1. The molecule has 0 aliphatic carbocycles. The number of halogens is 1. The van der Waals surface area contributed by atoms with Crippen molar-refractivity contribution in [3.05, 3.63) is 54.0 Å². The average molecular weight is 406 g/mol. The molecule has 1 aromatic carbocycles. The molecular formula is C21H28ClN3O3. The van der Waals surface area contributed by atoms with Crippen LogP contribution >= 0.6 is 12.4 Å². The molecule has 6 nitrogen and oxygen atoms in total. The van der Waals surface area contributed by atoms with Gasteiger partial charge in [0.25, 0.3) is 5.91 Å². The third-order valence-electron chi connectivity index (χ3n) is 5.09. The van der Waals surface area contributed by atoms with Crippen LogP contribution in [0.2, 0.25) is 0 Å². The molecule has 2 amide bonds. The third-order valence-corrected chi connectivity index (χ3v) is 5.09. The van der Waals surface area contributed by atoms with Crippen LogP contribution in [0, 0.1) is 11.8 Å². The van der Waals surface area contributed by atoms with Crippen LogP contribution in [0.5, 0.6) is 0 Å². The summed E-state index contributed by atoms with van der Waals surface area (Å²) in [7, 11) is 0. The average Bonchev–Trinajstić information content (AvgIpc) is 3.23. The lowest BCUT2D eigenvalue weighted by Crippen LogP contribution is -2.35. The van der Waals surface area contributed by atoms with Crippen LogP contribution in [-0.4, -0.2) is 24.9 Å². The Labute approximate surface area is 171 Å². The molecule has 1 aromatic heterocycles. The molecule has 2 atom stereocenters. The van der Waals surface area contributed by atoms with Gasteiger partial charge in [-0.05, 0) is 67.6 Å². The Morgan fingerprint density at radius 1 is 1.25 bits per heavy atom. The van der Waals surface area contributed by atoms with E-state index in [0.29, 0.717) is 30.5 Å². The van der Waals surface area contributed by atoms with Crippen molar-refractivity contribution in [2.24, 2.45) is 11.8 Å². The lowest BCUT2D eigenvalue weighted by atomic mass is 9.85. The van der Waals surface area contributed by atoms with Crippen LogP contribution in [0.3, 0.4) is 0 Å². The second-order valence-electron chi connectivity index (χ2n) is 7.19. The van der Waals surface area contributed by atoms with Crippen molar-refractivity contribution in [3.63, 3.8) is 0 Å². The van der Waals surface area contributed by atoms with Crippen molar-refractivity contribution in [3.8, 4) is 0 Å². The number of carbonyl (C=O) groups excluding carboxylic acids is 2. The van der Waals surface area contributed by atoms with Crippen LogP contribution in [0.25, 0.3) is 0 Å². The first-order valence-corrected chi connectivity index (χ1v) is 9.53. The number of piperidine rings is 1. The first-order valence-electron chi connectivity index (χ1n) is 9.53. The van der Waals surface area contributed by atoms with Crippen molar-refractivity contribution < 1.29 is 14.0 Å². The lowest BCUT2D eigenvalue weighted by Gasteiger charge is -2.28. The predicted octanol–water partition coefficient (Wildman–Crippen LogP) is 3.60. The van der Waals surface area contributed by atoms with Crippen LogP contribution in [0.15, 0.2) is 47.1 Å². The van der Waals surface area contributed by atoms with Gasteiger partial charge in [-0.25, -0.2) is 0 Å². The maximum Gasteiger partial charge on any atom is 0.291 e. The van der Waals surface area contributed by atoms with Gasteiger partial charge in [0.15, 0.2) is 5.76 Å². The summed E-state index contributed by atoms with van der Waals surface area (Å²) in [6, 6.07) is 10.7. The molecule has 28 heavy (non-hydrogen) atoms.